The first kappa shape index (κ1) is 24.2. The van der Waals surface area contributed by atoms with Gasteiger partial charge < -0.3 is 19.9 Å². The van der Waals surface area contributed by atoms with Crippen molar-refractivity contribution >= 4 is 28.4 Å². The van der Waals surface area contributed by atoms with E-state index in [0.29, 0.717) is 43.7 Å². The normalized spacial score (nSPS) is 21.1. The number of ketones is 1. The summed E-state index contributed by atoms with van der Waals surface area (Å²) in [7, 11) is 1.63. The van der Waals surface area contributed by atoms with Crippen LogP contribution in [0.4, 0.5) is 4.39 Å². The summed E-state index contributed by atoms with van der Waals surface area (Å²) in [5.74, 6) is 1.11. The van der Waals surface area contributed by atoms with Crippen molar-refractivity contribution in [1.82, 2.24) is 10.3 Å². The van der Waals surface area contributed by atoms with Gasteiger partial charge in [-0.2, -0.15) is 0 Å². The zero-order chi connectivity index (χ0) is 24.4. The summed E-state index contributed by atoms with van der Waals surface area (Å²) in [6.45, 7) is 0.831. The number of pyridine rings is 1. The first-order valence-electron chi connectivity index (χ1n) is 11.9. The number of fused-ring (bicyclic) bond motifs is 2. The highest BCUT2D eigenvalue weighted by atomic mass is 32.2. The van der Waals surface area contributed by atoms with Crippen LogP contribution in [-0.2, 0) is 28.9 Å². The van der Waals surface area contributed by atoms with Crippen molar-refractivity contribution in [3.8, 4) is 5.75 Å². The number of halogens is 1. The Kier molecular flexibility index (Phi) is 7.34. The first-order valence-corrected chi connectivity index (χ1v) is 12.9. The lowest BCUT2D eigenvalue weighted by Gasteiger charge is -2.32. The SMILES string of the molecule is COc1ccc2nccc(CC(O)C3CCC(NCc4cc5c(cc4F)SCC(=O)C5)CO3)c2c1. The molecule has 0 radical (unpaired) electrons. The van der Waals surface area contributed by atoms with Crippen molar-refractivity contribution in [2.45, 2.75) is 55.4 Å². The Balaban J connectivity index is 1.16. The van der Waals surface area contributed by atoms with Crippen LogP contribution in [0.3, 0.4) is 0 Å². The molecule has 3 atom stereocenters. The Hall–Kier alpha value is -2.52. The van der Waals surface area contributed by atoms with E-state index in [-0.39, 0.29) is 23.7 Å². The molecule has 2 aliphatic rings. The first-order chi connectivity index (χ1) is 17.0. The smallest absolute Gasteiger partial charge is 0.147 e. The fourth-order valence-corrected chi connectivity index (χ4v) is 5.74. The van der Waals surface area contributed by atoms with E-state index in [1.807, 2.05) is 30.3 Å². The molecule has 3 aromatic rings. The van der Waals surface area contributed by atoms with Crippen LogP contribution in [0.1, 0.15) is 29.5 Å². The van der Waals surface area contributed by atoms with Crippen molar-refractivity contribution in [1.29, 1.82) is 0 Å². The topological polar surface area (TPSA) is 80.7 Å². The number of hydrogen-bond acceptors (Lipinski definition) is 7. The second kappa shape index (κ2) is 10.6. The van der Waals surface area contributed by atoms with Gasteiger partial charge in [-0.1, -0.05) is 6.07 Å². The van der Waals surface area contributed by atoms with E-state index >= 15 is 0 Å². The second-order valence-corrected chi connectivity index (χ2v) is 10.2. The predicted octanol–water partition coefficient (Wildman–Crippen LogP) is 3.84. The van der Waals surface area contributed by atoms with Crippen molar-refractivity contribution in [3.63, 3.8) is 0 Å². The molecule has 1 saturated heterocycles. The number of carbonyl (C=O) groups excluding carboxylic acids is 1. The average Bonchev–Trinajstić information content (AvgIpc) is 2.88. The van der Waals surface area contributed by atoms with Gasteiger partial charge in [-0.25, -0.2) is 4.39 Å². The number of hydrogen-bond donors (Lipinski definition) is 2. The number of nitrogens with zero attached hydrogens (tertiary/aromatic N) is 1. The molecule has 1 aromatic heterocycles. The molecule has 2 aliphatic heterocycles. The highest BCUT2D eigenvalue weighted by Crippen LogP contribution is 2.31. The molecule has 5 rings (SSSR count). The molecule has 3 unspecified atom stereocenters. The lowest BCUT2D eigenvalue weighted by atomic mass is 9.95. The van der Waals surface area contributed by atoms with Gasteiger partial charge in [0.1, 0.15) is 17.3 Å². The minimum atomic E-state index is -0.638. The van der Waals surface area contributed by atoms with Crippen LogP contribution in [0.25, 0.3) is 10.9 Å². The van der Waals surface area contributed by atoms with E-state index in [2.05, 4.69) is 10.3 Å². The lowest BCUT2D eigenvalue weighted by molar-refractivity contribution is -0.116. The molecule has 2 aromatic carbocycles. The Morgan fingerprint density at radius 3 is 2.94 bits per heavy atom. The maximum atomic E-state index is 14.5. The summed E-state index contributed by atoms with van der Waals surface area (Å²) in [6.07, 6.45) is 3.24. The van der Waals surface area contributed by atoms with Crippen LogP contribution in [0.5, 0.6) is 5.75 Å². The monoisotopic (exact) mass is 496 g/mol. The lowest BCUT2D eigenvalue weighted by Crippen LogP contribution is -2.44. The van der Waals surface area contributed by atoms with E-state index < -0.39 is 6.10 Å². The third-order valence-electron chi connectivity index (χ3n) is 6.80. The van der Waals surface area contributed by atoms with Crippen LogP contribution in [0.2, 0.25) is 0 Å². The molecule has 35 heavy (non-hydrogen) atoms. The largest absolute Gasteiger partial charge is 0.497 e. The van der Waals surface area contributed by atoms with Crippen LogP contribution < -0.4 is 10.1 Å². The summed E-state index contributed by atoms with van der Waals surface area (Å²) in [4.78, 5) is 17.0. The van der Waals surface area contributed by atoms with E-state index in [1.165, 1.54) is 11.8 Å². The Labute approximate surface area is 208 Å². The van der Waals surface area contributed by atoms with Crippen LogP contribution in [0.15, 0.2) is 47.5 Å². The molecule has 6 nitrogen and oxygen atoms in total. The van der Waals surface area contributed by atoms with E-state index in [0.717, 1.165) is 39.1 Å². The number of Topliss-reactive ketones (excluding diaryl/α,β-unsaturated/α-hetero) is 1. The minimum absolute atomic E-state index is 0.0795. The van der Waals surface area contributed by atoms with Gasteiger partial charge in [-0.05, 0) is 54.3 Å². The average molecular weight is 497 g/mol. The molecule has 2 N–H and O–H groups in total. The predicted molar refractivity (Wildman–Crippen MR) is 133 cm³/mol. The molecular weight excluding hydrogens is 467 g/mol. The molecule has 0 saturated carbocycles. The number of carbonyl (C=O) groups is 1. The second-order valence-electron chi connectivity index (χ2n) is 9.21. The number of aliphatic hydroxyl groups excluding tert-OH is 1. The van der Waals surface area contributed by atoms with Crippen LogP contribution >= 0.6 is 11.8 Å². The molecule has 0 spiro atoms. The zero-order valence-electron chi connectivity index (χ0n) is 19.6. The number of aliphatic hydroxyl groups is 1. The molecule has 184 valence electrons. The van der Waals surface area contributed by atoms with E-state index in [9.17, 15) is 14.3 Å². The number of methoxy groups -OCH3 is 1. The number of ether oxygens (including phenoxy) is 2. The van der Waals surface area contributed by atoms with Gasteiger partial charge in [-0.3, -0.25) is 9.78 Å². The van der Waals surface area contributed by atoms with Crippen molar-refractivity contribution in [3.05, 3.63) is 65.1 Å². The van der Waals surface area contributed by atoms with Gasteiger partial charge in [0.05, 0.1) is 37.2 Å². The maximum Gasteiger partial charge on any atom is 0.147 e. The van der Waals surface area contributed by atoms with Gasteiger partial charge >= 0.3 is 0 Å². The summed E-state index contributed by atoms with van der Waals surface area (Å²) < 4.78 is 25.9. The fraction of sp³-hybridized carbons (Fsp3) is 0.407. The summed E-state index contributed by atoms with van der Waals surface area (Å²) in [6, 6.07) is 11.1. The van der Waals surface area contributed by atoms with Crippen molar-refractivity contribution in [2.24, 2.45) is 0 Å². The molecule has 3 heterocycles. The quantitative estimate of drug-likeness (QED) is 0.514. The van der Waals surface area contributed by atoms with Crippen molar-refractivity contribution < 1.29 is 23.8 Å². The molecular formula is C27H29FN2O4S. The number of nitrogens with one attached hydrogen (secondary N) is 1. The number of rotatable bonds is 7. The molecule has 1 fully saturated rings. The number of benzene rings is 2. The van der Waals surface area contributed by atoms with Gasteiger partial charge in [0.2, 0.25) is 0 Å². The fourth-order valence-electron chi connectivity index (χ4n) is 4.82. The molecule has 0 aliphatic carbocycles. The van der Waals surface area contributed by atoms with Crippen LogP contribution in [0, 0.1) is 5.82 Å². The Morgan fingerprint density at radius 1 is 1.26 bits per heavy atom. The highest BCUT2D eigenvalue weighted by Gasteiger charge is 2.28. The number of thioether (sulfide) groups is 1. The Bertz CT molecular complexity index is 1230. The third kappa shape index (κ3) is 5.51. The summed E-state index contributed by atoms with van der Waals surface area (Å²) in [5.41, 5.74) is 3.35. The Morgan fingerprint density at radius 2 is 2.14 bits per heavy atom. The molecule has 0 amide bonds. The van der Waals surface area contributed by atoms with E-state index in [1.54, 1.807) is 19.4 Å². The van der Waals surface area contributed by atoms with Gasteiger partial charge in [0.25, 0.3) is 0 Å². The van der Waals surface area contributed by atoms with Gasteiger partial charge in [0.15, 0.2) is 0 Å². The molecule has 8 heteroatoms. The highest BCUT2D eigenvalue weighted by molar-refractivity contribution is 8.00. The van der Waals surface area contributed by atoms with Gasteiger partial charge in [-0.15, -0.1) is 11.8 Å². The minimum Gasteiger partial charge on any atom is -0.497 e. The molecule has 0 bridgehead atoms. The third-order valence-corrected chi connectivity index (χ3v) is 7.95. The number of aromatic nitrogens is 1. The van der Waals surface area contributed by atoms with Gasteiger partial charge in [0, 0.05) is 47.5 Å². The summed E-state index contributed by atoms with van der Waals surface area (Å²) in [5, 5.41) is 15.3. The standard InChI is InChI=1S/C27H29FN2O4S/c1-33-21-3-4-24-22(11-21)16(6-7-29-24)10-25(32)26-5-2-19(14-34-26)30-13-18-8-17-9-20(31)15-35-27(17)12-23(18)28/h3-4,6-8,11-12,19,25-26,30,32H,2,5,9-10,13-15H2,1H3. The van der Waals surface area contributed by atoms with Crippen LogP contribution in [-0.4, -0.2) is 53.6 Å². The van der Waals surface area contributed by atoms with Crippen molar-refractivity contribution in [2.75, 3.05) is 19.5 Å². The zero-order valence-corrected chi connectivity index (χ0v) is 20.4. The maximum absolute atomic E-state index is 14.5. The summed E-state index contributed by atoms with van der Waals surface area (Å²) >= 11 is 1.41. The van der Waals surface area contributed by atoms with E-state index in [4.69, 9.17) is 9.47 Å².